The number of nitrogens with zero attached hydrogens (tertiary/aromatic N) is 1. The fraction of sp³-hybridized carbons (Fsp3) is 0.143. The quantitative estimate of drug-likeness (QED) is 0.590. The van der Waals surface area contributed by atoms with Crippen molar-refractivity contribution < 1.29 is 9.53 Å². The largest absolute Gasteiger partial charge is 0.493 e. The van der Waals surface area contributed by atoms with Crippen molar-refractivity contribution in [3.8, 4) is 5.75 Å². The minimum Gasteiger partial charge on any atom is -0.493 e. The van der Waals surface area contributed by atoms with Crippen LogP contribution in [0.5, 0.6) is 5.75 Å². The molecule has 0 fully saturated rings. The minimum atomic E-state index is -0.123. The number of rotatable bonds is 7. The number of aryl methyl sites for hydroxylation is 1. The predicted octanol–water partition coefficient (Wildman–Crippen LogP) is 5.19. The topological polar surface area (TPSA) is 63.2 Å². The van der Waals surface area contributed by atoms with Gasteiger partial charge in [-0.05, 0) is 55.0 Å². The van der Waals surface area contributed by atoms with E-state index in [9.17, 15) is 4.79 Å². The van der Waals surface area contributed by atoms with E-state index in [-0.39, 0.29) is 12.3 Å². The zero-order valence-electron chi connectivity index (χ0n) is 14.9. The standard InChI is InChI=1S/C21H20ClN3O2/c1-15-13-16(22)7-9-19(15)25-20-10-8-17(14-23-20)24-21(26)11-12-27-18-5-3-2-4-6-18/h2-10,13-14H,11-12H2,1H3,(H,23,25)(H,24,26). The molecule has 2 N–H and O–H groups in total. The summed E-state index contributed by atoms with van der Waals surface area (Å²) in [5.74, 6) is 1.31. The van der Waals surface area contributed by atoms with Crippen LogP contribution in [0.3, 0.4) is 0 Å². The number of benzene rings is 2. The first-order valence-electron chi connectivity index (χ1n) is 8.57. The normalized spacial score (nSPS) is 10.3. The molecule has 3 aromatic rings. The number of nitrogens with one attached hydrogen (secondary N) is 2. The Hall–Kier alpha value is -3.05. The van der Waals surface area contributed by atoms with E-state index in [4.69, 9.17) is 16.3 Å². The Morgan fingerprint density at radius 2 is 1.93 bits per heavy atom. The van der Waals surface area contributed by atoms with Gasteiger partial charge in [0.25, 0.3) is 0 Å². The number of hydrogen-bond donors (Lipinski definition) is 2. The molecule has 0 saturated heterocycles. The number of amides is 1. The number of halogens is 1. The third-order valence-electron chi connectivity index (χ3n) is 3.84. The number of carbonyl (C=O) groups excluding carboxylic acids is 1. The lowest BCUT2D eigenvalue weighted by Gasteiger charge is -2.10. The van der Waals surface area contributed by atoms with E-state index in [0.717, 1.165) is 17.0 Å². The average molecular weight is 382 g/mol. The molecule has 0 saturated carbocycles. The molecular weight excluding hydrogens is 362 g/mol. The summed E-state index contributed by atoms with van der Waals surface area (Å²) in [5, 5.41) is 6.74. The average Bonchev–Trinajstić information content (AvgIpc) is 2.66. The van der Waals surface area contributed by atoms with Crippen molar-refractivity contribution in [1.82, 2.24) is 4.98 Å². The molecular formula is C21H20ClN3O2. The molecule has 27 heavy (non-hydrogen) atoms. The van der Waals surface area contributed by atoms with E-state index < -0.39 is 0 Å². The van der Waals surface area contributed by atoms with Crippen LogP contribution in [0.25, 0.3) is 0 Å². The van der Waals surface area contributed by atoms with Crippen molar-refractivity contribution in [1.29, 1.82) is 0 Å². The Balaban J connectivity index is 1.49. The fourth-order valence-electron chi connectivity index (χ4n) is 2.45. The zero-order valence-corrected chi connectivity index (χ0v) is 15.7. The van der Waals surface area contributed by atoms with Gasteiger partial charge in [0.05, 0.1) is 24.9 Å². The van der Waals surface area contributed by atoms with Crippen molar-refractivity contribution in [2.45, 2.75) is 13.3 Å². The third-order valence-corrected chi connectivity index (χ3v) is 4.07. The monoisotopic (exact) mass is 381 g/mol. The van der Waals surface area contributed by atoms with E-state index in [2.05, 4.69) is 15.6 Å². The molecule has 138 valence electrons. The molecule has 1 heterocycles. The Kier molecular flexibility index (Phi) is 6.28. The van der Waals surface area contributed by atoms with Crippen molar-refractivity contribution in [2.24, 2.45) is 0 Å². The number of ether oxygens (including phenoxy) is 1. The van der Waals surface area contributed by atoms with Gasteiger partial charge in [-0.2, -0.15) is 0 Å². The highest BCUT2D eigenvalue weighted by Gasteiger charge is 2.05. The maximum absolute atomic E-state index is 12.0. The lowest BCUT2D eigenvalue weighted by atomic mass is 10.2. The molecule has 1 amide bonds. The van der Waals surface area contributed by atoms with E-state index in [1.165, 1.54) is 0 Å². The highest BCUT2D eigenvalue weighted by molar-refractivity contribution is 6.30. The second-order valence-electron chi connectivity index (χ2n) is 5.98. The molecule has 1 aromatic heterocycles. The van der Waals surface area contributed by atoms with Crippen molar-refractivity contribution >= 4 is 34.7 Å². The van der Waals surface area contributed by atoms with Crippen LogP contribution < -0.4 is 15.4 Å². The Labute approximate surface area is 163 Å². The molecule has 0 spiro atoms. The smallest absolute Gasteiger partial charge is 0.227 e. The molecule has 0 aliphatic carbocycles. The van der Waals surface area contributed by atoms with E-state index >= 15 is 0 Å². The number of pyridine rings is 1. The molecule has 3 rings (SSSR count). The van der Waals surface area contributed by atoms with Gasteiger partial charge in [-0.15, -0.1) is 0 Å². The first-order valence-corrected chi connectivity index (χ1v) is 8.95. The van der Waals surface area contributed by atoms with E-state index in [1.54, 1.807) is 12.3 Å². The second-order valence-corrected chi connectivity index (χ2v) is 6.41. The number of hydrogen-bond acceptors (Lipinski definition) is 4. The van der Waals surface area contributed by atoms with Crippen LogP contribution in [0.15, 0.2) is 66.9 Å². The summed E-state index contributed by atoms with van der Waals surface area (Å²) in [5.41, 5.74) is 2.60. The second kappa shape index (κ2) is 9.05. The predicted molar refractivity (Wildman–Crippen MR) is 109 cm³/mol. The maximum atomic E-state index is 12.0. The first-order chi connectivity index (χ1) is 13.1. The molecule has 0 atom stereocenters. The van der Waals surface area contributed by atoms with Gasteiger partial charge in [0.15, 0.2) is 0 Å². The summed E-state index contributed by atoms with van der Waals surface area (Å²) in [6.07, 6.45) is 1.88. The molecule has 0 radical (unpaired) electrons. The van der Waals surface area contributed by atoms with Gasteiger partial charge >= 0.3 is 0 Å². The molecule has 6 heteroatoms. The summed E-state index contributed by atoms with van der Waals surface area (Å²) in [7, 11) is 0. The summed E-state index contributed by atoms with van der Waals surface area (Å²) < 4.78 is 5.52. The first kappa shape index (κ1) is 18.7. The van der Waals surface area contributed by atoms with Crippen LogP contribution in [0, 0.1) is 6.92 Å². The summed E-state index contributed by atoms with van der Waals surface area (Å²) in [6, 6.07) is 18.6. The number of aromatic nitrogens is 1. The van der Waals surface area contributed by atoms with Crippen LogP contribution in [0.1, 0.15) is 12.0 Å². The molecule has 0 aliphatic heterocycles. The zero-order chi connectivity index (χ0) is 19.1. The summed E-state index contributed by atoms with van der Waals surface area (Å²) in [6.45, 7) is 2.29. The number of anilines is 3. The van der Waals surface area contributed by atoms with E-state index in [1.807, 2.05) is 61.5 Å². The van der Waals surface area contributed by atoms with Crippen LogP contribution in [0.4, 0.5) is 17.2 Å². The lowest BCUT2D eigenvalue weighted by Crippen LogP contribution is -2.15. The highest BCUT2D eigenvalue weighted by Crippen LogP contribution is 2.23. The molecule has 5 nitrogen and oxygen atoms in total. The van der Waals surface area contributed by atoms with Crippen molar-refractivity contribution in [3.05, 3.63) is 77.4 Å². The van der Waals surface area contributed by atoms with Crippen LogP contribution >= 0.6 is 11.6 Å². The summed E-state index contributed by atoms with van der Waals surface area (Å²) >= 11 is 5.97. The fourth-order valence-corrected chi connectivity index (χ4v) is 2.68. The number of para-hydroxylation sites is 1. The maximum Gasteiger partial charge on any atom is 0.227 e. The SMILES string of the molecule is Cc1cc(Cl)ccc1Nc1ccc(NC(=O)CCOc2ccccc2)cn1. The molecule has 0 bridgehead atoms. The lowest BCUT2D eigenvalue weighted by molar-refractivity contribution is -0.116. The number of carbonyl (C=O) groups is 1. The third kappa shape index (κ3) is 5.72. The van der Waals surface area contributed by atoms with Crippen LogP contribution in [0.2, 0.25) is 5.02 Å². The van der Waals surface area contributed by atoms with E-state index in [0.29, 0.717) is 23.1 Å². The summed E-state index contributed by atoms with van der Waals surface area (Å²) in [4.78, 5) is 16.3. The Morgan fingerprint density at radius 3 is 2.63 bits per heavy atom. The van der Waals surface area contributed by atoms with Gasteiger partial charge in [0, 0.05) is 10.7 Å². The van der Waals surface area contributed by atoms with Gasteiger partial charge in [0.2, 0.25) is 5.91 Å². The van der Waals surface area contributed by atoms with Crippen molar-refractivity contribution in [3.63, 3.8) is 0 Å². The Bertz CT molecular complexity index is 899. The molecule has 0 aliphatic rings. The van der Waals surface area contributed by atoms with Gasteiger partial charge < -0.3 is 15.4 Å². The molecule has 0 unspecified atom stereocenters. The van der Waals surface area contributed by atoms with Crippen LogP contribution in [-0.4, -0.2) is 17.5 Å². The Morgan fingerprint density at radius 1 is 1.11 bits per heavy atom. The van der Waals surface area contributed by atoms with Gasteiger partial charge in [-0.1, -0.05) is 29.8 Å². The molecule has 2 aromatic carbocycles. The highest BCUT2D eigenvalue weighted by atomic mass is 35.5. The van der Waals surface area contributed by atoms with Crippen LogP contribution in [-0.2, 0) is 4.79 Å². The van der Waals surface area contributed by atoms with Crippen molar-refractivity contribution in [2.75, 3.05) is 17.2 Å². The van der Waals surface area contributed by atoms with Gasteiger partial charge in [-0.25, -0.2) is 4.98 Å². The minimum absolute atomic E-state index is 0.123. The van der Waals surface area contributed by atoms with Gasteiger partial charge in [0.1, 0.15) is 11.6 Å². The van der Waals surface area contributed by atoms with Gasteiger partial charge in [-0.3, -0.25) is 4.79 Å².